The molecule has 5 heteroatoms. The fourth-order valence-electron chi connectivity index (χ4n) is 3.39. The molecule has 0 saturated carbocycles. The molecular weight excluding hydrogens is 316 g/mol. The van der Waals surface area contributed by atoms with Gasteiger partial charge in [0.25, 0.3) is 0 Å². The Morgan fingerprint density at radius 1 is 1.20 bits per heavy atom. The van der Waals surface area contributed by atoms with Crippen LogP contribution in [0.1, 0.15) is 64.7 Å². The Morgan fingerprint density at radius 2 is 1.96 bits per heavy atom. The zero-order chi connectivity index (χ0) is 17.8. The molecule has 2 atom stereocenters. The summed E-state index contributed by atoms with van der Waals surface area (Å²) < 4.78 is 6.29. The molecule has 3 rings (SSSR count). The molecule has 0 bridgehead atoms. The molecule has 0 spiro atoms. The minimum absolute atomic E-state index is 0.0899. The summed E-state index contributed by atoms with van der Waals surface area (Å²) in [6.07, 6.45) is 6.46. The number of rotatable bonds is 5. The van der Waals surface area contributed by atoms with Gasteiger partial charge in [-0.25, -0.2) is 14.8 Å². The zero-order valence-electron chi connectivity index (χ0n) is 14.7. The average molecular weight is 340 g/mol. The third kappa shape index (κ3) is 4.23. The van der Waals surface area contributed by atoms with Gasteiger partial charge in [0.2, 0.25) is 0 Å². The zero-order valence-corrected chi connectivity index (χ0v) is 14.7. The second kappa shape index (κ2) is 7.74. The summed E-state index contributed by atoms with van der Waals surface area (Å²) in [7, 11) is 0. The van der Waals surface area contributed by atoms with E-state index in [0.717, 1.165) is 31.4 Å². The predicted octanol–water partition coefficient (Wildman–Crippen LogP) is 4.03. The molecule has 5 nitrogen and oxygen atoms in total. The van der Waals surface area contributed by atoms with Crippen LogP contribution in [0, 0.1) is 13.8 Å². The van der Waals surface area contributed by atoms with E-state index in [9.17, 15) is 9.90 Å². The van der Waals surface area contributed by atoms with Crippen molar-refractivity contribution in [2.24, 2.45) is 0 Å². The monoisotopic (exact) mass is 340 g/mol. The molecular formula is C20H24N2O3. The number of carbonyl (C=O) groups is 1. The summed E-state index contributed by atoms with van der Waals surface area (Å²) in [5, 5.41) is 9.17. The number of aromatic carboxylic acids is 1. The lowest BCUT2D eigenvalue weighted by molar-refractivity contribution is -0.0547. The van der Waals surface area contributed by atoms with Crippen molar-refractivity contribution < 1.29 is 14.6 Å². The number of aryl methyl sites for hydroxylation is 2. The van der Waals surface area contributed by atoms with E-state index >= 15 is 0 Å². The summed E-state index contributed by atoms with van der Waals surface area (Å²) in [5.41, 5.74) is 4.03. The van der Waals surface area contributed by atoms with Crippen LogP contribution in [-0.2, 0) is 11.2 Å². The molecule has 0 radical (unpaired) electrons. The van der Waals surface area contributed by atoms with Gasteiger partial charge in [-0.2, -0.15) is 0 Å². The van der Waals surface area contributed by atoms with Crippen LogP contribution < -0.4 is 0 Å². The van der Waals surface area contributed by atoms with Gasteiger partial charge in [-0.1, -0.05) is 29.8 Å². The fraction of sp³-hybridized carbons (Fsp3) is 0.450. The Kier molecular flexibility index (Phi) is 5.43. The van der Waals surface area contributed by atoms with Gasteiger partial charge in [0.05, 0.1) is 12.2 Å². The van der Waals surface area contributed by atoms with Crippen molar-refractivity contribution >= 4 is 5.97 Å². The SMILES string of the molecule is Cc1ccc([C@@H]2CCCC(CCc3ncnc(C(=O)O)c3C)O2)cc1. The maximum atomic E-state index is 11.2. The lowest BCUT2D eigenvalue weighted by Crippen LogP contribution is -2.23. The Labute approximate surface area is 148 Å². The highest BCUT2D eigenvalue weighted by molar-refractivity contribution is 5.87. The molecule has 132 valence electrons. The van der Waals surface area contributed by atoms with Gasteiger partial charge in [0, 0.05) is 11.3 Å². The van der Waals surface area contributed by atoms with Crippen LogP contribution in [-0.4, -0.2) is 27.1 Å². The second-order valence-electron chi connectivity index (χ2n) is 6.73. The normalized spacial score (nSPS) is 20.4. The van der Waals surface area contributed by atoms with Crippen molar-refractivity contribution in [1.82, 2.24) is 9.97 Å². The molecule has 2 aromatic rings. The molecule has 1 unspecified atom stereocenters. The van der Waals surface area contributed by atoms with Crippen LogP contribution in [0.3, 0.4) is 0 Å². The average Bonchev–Trinajstić information content (AvgIpc) is 2.61. The van der Waals surface area contributed by atoms with E-state index < -0.39 is 5.97 Å². The molecule has 1 N–H and O–H groups in total. The minimum atomic E-state index is -1.01. The maximum Gasteiger partial charge on any atom is 0.354 e. The van der Waals surface area contributed by atoms with E-state index in [4.69, 9.17) is 4.74 Å². The predicted molar refractivity (Wildman–Crippen MR) is 94.7 cm³/mol. The van der Waals surface area contributed by atoms with E-state index in [2.05, 4.69) is 41.2 Å². The number of nitrogens with zero attached hydrogens (tertiary/aromatic N) is 2. The molecule has 1 aromatic carbocycles. The van der Waals surface area contributed by atoms with Crippen LogP contribution in [0.2, 0.25) is 0 Å². The highest BCUT2D eigenvalue weighted by atomic mass is 16.5. The van der Waals surface area contributed by atoms with Gasteiger partial charge in [-0.05, 0) is 51.5 Å². The van der Waals surface area contributed by atoms with Gasteiger partial charge in [0.1, 0.15) is 6.33 Å². The third-order valence-corrected chi connectivity index (χ3v) is 4.89. The van der Waals surface area contributed by atoms with Crippen LogP contribution in [0.4, 0.5) is 0 Å². The summed E-state index contributed by atoms with van der Waals surface area (Å²) in [5.74, 6) is -1.01. The van der Waals surface area contributed by atoms with Gasteiger partial charge in [0.15, 0.2) is 5.69 Å². The highest BCUT2D eigenvalue weighted by Crippen LogP contribution is 2.33. The van der Waals surface area contributed by atoms with Gasteiger partial charge in [-0.15, -0.1) is 0 Å². The Hall–Kier alpha value is -2.27. The largest absolute Gasteiger partial charge is 0.477 e. The fourth-order valence-corrected chi connectivity index (χ4v) is 3.39. The number of carboxylic acid groups (broad SMARTS) is 1. The van der Waals surface area contributed by atoms with Gasteiger partial charge in [-0.3, -0.25) is 0 Å². The minimum Gasteiger partial charge on any atom is -0.477 e. The van der Waals surface area contributed by atoms with Crippen molar-refractivity contribution in [2.45, 2.75) is 58.2 Å². The lowest BCUT2D eigenvalue weighted by atomic mass is 9.95. The van der Waals surface area contributed by atoms with Crippen molar-refractivity contribution in [3.63, 3.8) is 0 Å². The third-order valence-electron chi connectivity index (χ3n) is 4.89. The Bertz CT molecular complexity index is 743. The Morgan fingerprint density at radius 3 is 2.68 bits per heavy atom. The number of hydrogen-bond acceptors (Lipinski definition) is 4. The summed E-state index contributed by atoms with van der Waals surface area (Å²) in [6.45, 7) is 3.86. The van der Waals surface area contributed by atoms with Crippen LogP contribution in [0.5, 0.6) is 0 Å². The quantitative estimate of drug-likeness (QED) is 0.889. The second-order valence-corrected chi connectivity index (χ2v) is 6.73. The van der Waals surface area contributed by atoms with Crippen molar-refractivity contribution in [2.75, 3.05) is 0 Å². The first-order valence-corrected chi connectivity index (χ1v) is 8.80. The molecule has 2 heterocycles. The smallest absolute Gasteiger partial charge is 0.354 e. The number of benzene rings is 1. The molecule has 0 amide bonds. The van der Waals surface area contributed by atoms with E-state index in [-0.39, 0.29) is 17.9 Å². The number of carboxylic acids is 1. The van der Waals surface area contributed by atoms with Gasteiger partial charge < -0.3 is 9.84 Å². The molecule has 25 heavy (non-hydrogen) atoms. The molecule has 1 aromatic heterocycles. The van der Waals surface area contributed by atoms with E-state index in [1.807, 2.05) is 0 Å². The topological polar surface area (TPSA) is 72.3 Å². The van der Waals surface area contributed by atoms with E-state index in [1.54, 1.807) is 6.92 Å². The molecule has 1 fully saturated rings. The number of aromatic nitrogens is 2. The van der Waals surface area contributed by atoms with Gasteiger partial charge >= 0.3 is 5.97 Å². The standard InChI is InChI=1S/C20H24N2O3/c1-13-6-8-15(9-7-13)18-5-3-4-16(25-18)10-11-17-14(2)19(20(23)24)22-12-21-17/h6-9,12,16,18H,3-5,10-11H2,1-2H3,(H,23,24)/t16?,18-/m0/s1. The van der Waals surface area contributed by atoms with Crippen LogP contribution in [0.15, 0.2) is 30.6 Å². The number of hydrogen-bond donors (Lipinski definition) is 1. The van der Waals surface area contributed by atoms with Crippen LogP contribution in [0.25, 0.3) is 0 Å². The highest BCUT2D eigenvalue weighted by Gasteiger charge is 2.24. The van der Waals surface area contributed by atoms with Crippen molar-refractivity contribution in [3.05, 3.63) is 58.7 Å². The van der Waals surface area contributed by atoms with E-state index in [1.165, 1.54) is 17.5 Å². The van der Waals surface area contributed by atoms with E-state index in [0.29, 0.717) is 12.0 Å². The summed E-state index contributed by atoms with van der Waals surface area (Å²) in [4.78, 5) is 19.3. The molecule has 1 aliphatic heterocycles. The van der Waals surface area contributed by atoms with Crippen molar-refractivity contribution in [3.8, 4) is 0 Å². The molecule has 1 saturated heterocycles. The molecule has 0 aliphatic carbocycles. The molecule has 1 aliphatic rings. The first-order chi connectivity index (χ1) is 12.0. The van der Waals surface area contributed by atoms with Crippen molar-refractivity contribution in [1.29, 1.82) is 0 Å². The summed E-state index contributed by atoms with van der Waals surface area (Å²) in [6, 6.07) is 8.55. The number of ether oxygens (including phenoxy) is 1. The lowest BCUT2D eigenvalue weighted by Gasteiger charge is -2.30. The maximum absolute atomic E-state index is 11.2. The first-order valence-electron chi connectivity index (χ1n) is 8.80. The van der Waals surface area contributed by atoms with Crippen LogP contribution >= 0.6 is 0 Å². The summed E-state index contributed by atoms with van der Waals surface area (Å²) >= 11 is 0. The first kappa shape index (κ1) is 17.5. The Balaban J connectivity index is 1.63.